The van der Waals surface area contributed by atoms with Gasteiger partial charge in [0.15, 0.2) is 0 Å². The highest BCUT2D eigenvalue weighted by atomic mass is 35.5. The van der Waals surface area contributed by atoms with E-state index in [1.807, 2.05) is 24.3 Å². The zero-order valence-electron chi connectivity index (χ0n) is 12.8. The Morgan fingerprint density at radius 3 is 2.35 bits per heavy atom. The third kappa shape index (κ3) is 5.54. The summed E-state index contributed by atoms with van der Waals surface area (Å²) >= 11 is 5.80. The number of alkyl halides is 1. The molecule has 20 heavy (non-hydrogen) atoms. The SMILES string of the molecule is CCCC(CCCl)CNC(=O)c1ccc(C(C)C)cc1. The number of halogens is 1. The molecule has 112 valence electrons. The molecule has 0 bridgehead atoms. The van der Waals surface area contributed by atoms with Crippen molar-refractivity contribution in [2.45, 2.75) is 46.0 Å². The lowest BCUT2D eigenvalue weighted by molar-refractivity contribution is 0.0946. The lowest BCUT2D eigenvalue weighted by atomic mass is 10.00. The molecule has 0 fully saturated rings. The number of rotatable bonds is 8. The topological polar surface area (TPSA) is 29.1 Å². The first-order chi connectivity index (χ1) is 9.58. The van der Waals surface area contributed by atoms with Crippen molar-refractivity contribution in [2.75, 3.05) is 12.4 Å². The molecule has 0 aliphatic rings. The van der Waals surface area contributed by atoms with Gasteiger partial charge in [-0.25, -0.2) is 0 Å². The lowest BCUT2D eigenvalue weighted by Gasteiger charge is -2.15. The minimum Gasteiger partial charge on any atom is -0.352 e. The molecule has 0 saturated carbocycles. The van der Waals surface area contributed by atoms with Gasteiger partial charge < -0.3 is 5.32 Å². The van der Waals surface area contributed by atoms with Gasteiger partial charge in [0.1, 0.15) is 0 Å². The van der Waals surface area contributed by atoms with E-state index in [0.717, 1.165) is 24.8 Å². The van der Waals surface area contributed by atoms with Crippen molar-refractivity contribution in [2.24, 2.45) is 5.92 Å². The summed E-state index contributed by atoms with van der Waals surface area (Å²) in [5, 5.41) is 3.02. The second-order valence-electron chi connectivity index (χ2n) is 5.62. The first kappa shape index (κ1) is 17.0. The zero-order valence-corrected chi connectivity index (χ0v) is 13.5. The van der Waals surface area contributed by atoms with Crippen LogP contribution in [-0.2, 0) is 0 Å². The predicted molar refractivity (Wildman–Crippen MR) is 86.6 cm³/mol. The molecule has 1 amide bonds. The Morgan fingerprint density at radius 1 is 1.20 bits per heavy atom. The van der Waals surface area contributed by atoms with E-state index < -0.39 is 0 Å². The van der Waals surface area contributed by atoms with Gasteiger partial charge in [0.2, 0.25) is 0 Å². The van der Waals surface area contributed by atoms with E-state index in [1.165, 1.54) is 5.56 Å². The molecule has 1 aromatic rings. The van der Waals surface area contributed by atoms with Crippen LogP contribution in [0.5, 0.6) is 0 Å². The van der Waals surface area contributed by atoms with Crippen LogP contribution < -0.4 is 5.32 Å². The molecular weight excluding hydrogens is 270 g/mol. The van der Waals surface area contributed by atoms with Crippen molar-refractivity contribution in [3.05, 3.63) is 35.4 Å². The molecule has 1 rings (SSSR count). The summed E-state index contributed by atoms with van der Waals surface area (Å²) in [7, 11) is 0. The van der Waals surface area contributed by atoms with Gasteiger partial charge in [0.05, 0.1) is 0 Å². The summed E-state index contributed by atoms with van der Waals surface area (Å²) in [6.45, 7) is 7.17. The average Bonchev–Trinajstić information content (AvgIpc) is 2.45. The standard InChI is InChI=1S/C17H26ClNO/c1-4-5-14(10-11-18)12-19-17(20)16-8-6-15(7-9-16)13(2)3/h6-9,13-14H,4-5,10-12H2,1-3H3,(H,19,20). The fraction of sp³-hybridized carbons (Fsp3) is 0.588. The van der Waals surface area contributed by atoms with E-state index in [-0.39, 0.29) is 5.91 Å². The third-order valence-corrected chi connectivity index (χ3v) is 3.82. The number of hydrogen-bond donors (Lipinski definition) is 1. The fourth-order valence-electron chi connectivity index (χ4n) is 2.27. The van der Waals surface area contributed by atoms with Crippen LogP contribution in [0, 0.1) is 5.92 Å². The normalized spacial score (nSPS) is 12.4. The summed E-state index contributed by atoms with van der Waals surface area (Å²) in [4.78, 5) is 12.1. The van der Waals surface area contributed by atoms with Crippen LogP contribution in [-0.4, -0.2) is 18.3 Å². The minimum atomic E-state index is 0.0102. The summed E-state index contributed by atoms with van der Waals surface area (Å²) < 4.78 is 0. The molecule has 0 aliphatic carbocycles. The monoisotopic (exact) mass is 295 g/mol. The number of benzene rings is 1. The highest BCUT2D eigenvalue weighted by molar-refractivity contribution is 6.17. The largest absolute Gasteiger partial charge is 0.352 e. The van der Waals surface area contributed by atoms with Crippen LogP contribution in [0.15, 0.2) is 24.3 Å². The second kappa shape index (κ2) is 9.02. The molecule has 1 aromatic carbocycles. The van der Waals surface area contributed by atoms with Crippen molar-refractivity contribution >= 4 is 17.5 Å². The Balaban J connectivity index is 2.53. The Bertz CT molecular complexity index is 394. The van der Waals surface area contributed by atoms with E-state index >= 15 is 0 Å². The van der Waals surface area contributed by atoms with E-state index in [2.05, 4.69) is 26.1 Å². The molecule has 0 heterocycles. The van der Waals surface area contributed by atoms with E-state index in [0.29, 0.717) is 24.3 Å². The number of carbonyl (C=O) groups excluding carboxylic acids is 1. The highest BCUT2D eigenvalue weighted by Gasteiger charge is 2.11. The quantitative estimate of drug-likeness (QED) is 0.699. The Kier molecular flexibility index (Phi) is 7.68. The minimum absolute atomic E-state index is 0.0102. The summed E-state index contributed by atoms with van der Waals surface area (Å²) in [6.07, 6.45) is 3.20. The molecule has 0 aromatic heterocycles. The molecule has 1 atom stereocenters. The van der Waals surface area contributed by atoms with Crippen LogP contribution in [0.2, 0.25) is 0 Å². The first-order valence-electron chi connectivity index (χ1n) is 7.52. The average molecular weight is 296 g/mol. The van der Waals surface area contributed by atoms with E-state index in [9.17, 15) is 4.79 Å². The van der Waals surface area contributed by atoms with Gasteiger partial charge in [0, 0.05) is 18.0 Å². The molecule has 1 unspecified atom stereocenters. The molecule has 1 N–H and O–H groups in total. The maximum Gasteiger partial charge on any atom is 0.251 e. The molecular formula is C17H26ClNO. The fourth-order valence-corrected chi connectivity index (χ4v) is 2.58. The van der Waals surface area contributed by atoms with E-state index in [1.54, 1.807) is 0 Å². The van der Waals surface area contributed by atoms with Crippen molar-refractivity contribution in [1.29, 1.82) is 0 Å². The summed E-state index contributed by atoms with van der Waals surface area (Å²) in [6, 6.07) is 7.87. The van der Waals surface area contributed by atoms with E-state index in [4.69, 9.17) is 11.6 Å². The van der Waals surface area contributed by atoms with Crippen molar-refractivity contribution in [1.82, 2.24) is 5.32 Å². The Morgan fingerprint density at radius 2 is 1.85 bits per heavy atom. The first-order valence-corrected chi connectivity index (χ1v) is 8.06. The molecule has 0 aliphatic heterocycles. The summed E-state index contributed by atoms with van der Waals surface area (Å²) in [5.74, 6) is 1.64. The second-order valence-corrected chi connectivity index (χ2v) is 6.00. The smallest absolute Gasteiger partial charge is 0.251 e. The maximum absolute atomic E-state index is 12.1. The number of nitrogens with one attached hydrogen (secondary N) is 1. The molecule has 2 nitrogen and oxygen atoms in total. The third-order valence-electron chi connectivity index (χ3n) is 3.61. The number of carbonyl (C=O) groups is 1. The van der Waals surface area contributed by atoms with Crippen LogP contribution in [0.25, 0.3) is 0 Å². The molecule has 0 saturated heterocycles. The van der Waals surface area contributed by atoms with Gasteiger partial charge in [-0.3, -0.25) is 4.79 Å². The Hall–Kier alpha value is -1.02. The van der Waals surface area contributed by atoms with Gasteiger partial charge in [-0.2, -0.15) is 0 Å². The van der Waals surface area contributed by atoms with Gasteiger partial charge in [0.25, 0.3) is 5.91 Å². The lowest BCUT2D eigenvalue weighted by Crippen LogP contribution is -2.29. The number of amides is 1. The van der Waals surface area contributed by atoms with Crippen LogP contribution in [0.3, 0.4) is 0 Å². The van der Waals surface area contributed by atoms with Gasteiger partial charge >= 0.3 is 0 Å². The Labute approximate surface area is 127 Å². The molecule has 0 radical (unpaired) electrons. The van der Waals surface area contributed by atoms with Gasteiger partial charge in [-0.15, -0.1) is 11.6 Å². The molecule has 0 spiro atoms. The summed E-state index contributed by atoms with van der Waals surface area (Å²) in [5.41, 5.74) is 1.99. The zero-order chi connectivity index (χ0) is 15.0. The predicted octanol–water partition coefficient (Wildman–Crippen LogP) is 4.59. The van der Waals surface area contributed by atoms with Gasteiger partial charge in [-0.1, -0.05) is 39.3 Å². The van der Waals surface area contributed by atoms with Gasteiger partial charge in [-0.05, 0) is 42.4 Å². The highest BCUT2D eigenvalue weighted by Crippen LogP contribution is 2.15. The van der Waals surface area contributed by atoms with Crippen molar-refractivity contribution in [3.8, 4) is 0 Å². The van der Waals surface area contributed by atoms with Crippen LogP contribution >= 0.6 is 11.6 Å². The van der Waals surface area contributed by atoms with Crippen molar-refractivity contribution in [3.63, 3.8) is 0 Å². The van der Waals surface area contributed by atoms with Crippen LogP contribution in [0.1, 0.15) is 61.9 Å². The number of hydrogen-bond acceptors (Lipinski definition) is 1. The maximum atomic E-state index is 12.1. The molecule has 3 heteroatoms. The van der Waals surface area contributed by atoms with Crippen molar-refractivity contribution < 1.29 is 4.79 Å². The van der Waals surface area contributed by atoms with Crippen LogP contribution in [0.4, 0.5) is 0 Å².